The van der Waals surface area contributed by atoms with Gasteiger partial charge in [-0.25, -0.2) is 4.79 Å². The van der Waals surface area contributed by atoms with Crippen LogP contribution in [-0.2, 0) is 4.74 Å². The summed E-state index contributed by atoms with van der Waals surface area (Å²) in [6, 6.07) is 2.99. The molecule has 0 saturated carbocycles. The van der Waals surface area contributed by atoms with Crippen LogP contribution < -0.4 is 0 Å². The maximum absolute atomic E-state index is 13.1. The lowest BCUT2D eigenvalue weighted by Crippen LogP contribution is -2.56. The Kier molecular flexibility index (Phi) is 3.86. The second-order valence-corrected chi connectivity index (χ2v) is 4.29. The van der Waals surface area contributed by atoms with Crippen LogP contribution in [0.25, 0.3) is 0 Å². The van der Waals surface area contributed by atoms with Gasteiger partial charge in [0, 0.05) is 18.0 Å². The molecule has 0 aliphatic carbocycles. The quantitative estimate of drug-likeness (QED) is 0.905. The summed E-state index contributed by atoms with van der Waals surface area (Å²) in [5.74, 6) is 0. The smallest absolute Gasteiger partial charge is 0.439 e. The molecule has 0 fully saturated rings. The number of carbonyl (C=O) groups is 1. The van der Waals surface area contributed by atoms with E-state index in [0.717, 1.165) is 0 Å². The fourth-order valence-electron chi connectivity index (χ4n) is 1.84. The van der Waals surface area contributed by atoms with Crippen molar-refractivity contribution in [3.63, 3.8) is 0 Å². The zero-order chi connectivity index (χ0) is 15.7. The van der Waals surface area contributed by atoms with Gasteiger partial charge in [0.05, 0.1) is 18.7 Å². The zero-order valence-corrected chi connectivity index (χ0v) is 11.0. The van der Waals surface area contributed by atoms with Crippen LogP contribution in [0.15, 0.2) is 29.6 Å². The van der Waals surface area contributed by atoms with Crippen molar-refractivity contribution < 1.29 is 27.8 Å². The number of hydrazone groups is 1. The molecule has 0 bridgehead atoms. The van der Waals surface area contributed by atoms with Crippen molar-refractivity contribution in [3.05, 3.63) is 30.1 Å². The van der Waals surface area contributed by atoms with Gasteiger partial charge in [-0.3, -0.25) is 4.98 Å². The second kappa shape index (κ2) is 5.32. The van der Waals surface area contributed by atoms with E-state index in [9.17, 15) is 23.1 Å². The minimum absolute atomic E-state index is 0.0706. The van der Waals surface area contributed by atoms with E-state index < -0.39 is 24.4 Å². The maximum atomic E-state index is 13.1. The Hall–Kier alpha value is -2.16. The van der Waals surface area contributed by atoms with Gasteiger partial charge in [0.15, 0.2) is 0 Å². The number of ether oxygens (including phenoxy) is 1. The van der Waals surface area contributed by atoms with E-state index in [2.05, 4.69) is 14.8 Å². The zero-order valence-electron chi connectivity index (χ0n) is 11.0. The molecular weight excluding hydrogens is 291 g/mol. The van der Waals surface area contributed by atoms with E-state index in [1.165, 1.54) is 31.5 Å². The Balaban J connectivity index is 2.40. The van der Waals surface area contributed by atoms with E-state index in [4.69, 9.17) is 0 Å². The third-order valence-electron chi connectivity index (χ3n) is 2.87. The highest BCUT2D eigenvalue weighted by Crippen LogP contribution is 2.41. The molecule has 114 valence electrons. The molecule has 1 aromatic rings. The Labute approximate surface area is 117 Å². The Morgan fingerprint density at radius 2 is 2.29 bits per heavy atom. The SMILES string of the molecule is CCOC(=O)N1N=C(c2cccnc2)C[C@]1(O)C(F)(F)F. The van der Waals surface area contributed by atoms with Crippen LogP contribution in [0.5, 0.6) is 0 Å². The summed E-state index contributed by atoms with van der Waals surface area (Å²) in [7, 11) is 0. The minimum Gasteiger partial charge on any atom is -0.448 e. The highest BCUT2D eigenvalue weighted by atomic mass is 19.4. The number of hydrogen-bond acceptors (Lipinski definition) is 5. The molecule has 1 N–H and O–H groups in total. The number of alkyl halides is 3. The molecule has 2 rings (SSSR count). The molecule has 1 aliphatic heterocycles. The predicted octanol–water partition coefficient (Wildman–Crippen LogP) is 1.90. The standard InChI is InChI=1S/C12H12F3N3O3/c1-2-21-10(19)18-11(20,12(13,14)15)6-9(17-18)8-4-3-5-16-7-8/h3-5,7,20H,2,6H2,1H3/t11-/m0/s1. The van der Waals surface area contributed by atoms with Crippen LogP contribution in [0.2, 0.25) is 0 Å². The number of aromatic nitrogens is 1. The van der Waals surface area contributed by atoms with Crippen molar-refractivity contribution in [2.24, 2.45) is 5.10 Å². The monoisotopic (exact) mass is 303 g/mol. The van der Waals surface area contributed by atoms with Gasteiger partial charge in [0.2, 0.25) is 0 Å². The fourth-order valence-corrected chi connectivity index (χ4v) is 1.84. The average molecular weight is 303 g/mol. The van der Waals surface area contributed by atoms with Gasteiger partial charge in [0.1, 0.15) is 0 Å². The molecular formula is C12H12F3N3O3. The van der Waals surface area contributed by atoms with E-state index in [0.29, 0.717) is 0 Å². The molecule has 9 heteroatoms. The highest BCUT2D eigenvalue weighted by Gasteiger charge is 2.64. The van der Waals surface area contributed by atoms with Crippen molar-refractivity contribution in [1.29, 1.82) is 0 Å². The molecule has 0 saturated heterocycles. The molecule has 0 unspecified atom stereocenters. The molecule has 1 amide bonds. The van der Waals surface area contributed by atoms with Crippen LogP contribution in [0.4, 0.5) is 18.0 Å². The molecule has 0 aromatic carbocycles. The van der Waals surface area contributed by atoms with Crippen molar-refractivity contribution in [2.45, 2.75) is 25.2 Å². The summed E-state index contributed by atoms with van der Waals surface area (Å²) in [5.41, 5.74) is -3.24. The predicted molar refractivity (Wildman–Crippen MR) is 65.3 cm³/mol. The van der Waals surface area contributed by atoms with Crippen LogP contribution >= 0.6 is 0 Å². The third kappa shape index (κ3) is 2.68. The van der Waals surface area contributed by atoms with E-state index in [1.54, 1.807) is 0 Å². The topological polar surface area (TPSA) is 75.0 Å². The minimum atomic E-state index is -5.08. The average Bonchev–Trinajstić information content (AvgIpc) is 2.79. The summed E-state index contributed by atoms with van der Waals surface area (Å²) in [4.78, 5) is 15.4. The fraction of sp³-hybridized carbons (Fsp3) is 0.417. The number of rotatable bonds is 2. The van der Waals surface area contributed by atoms with Crippen molar-refractivity contribution in [1.82, 2.24) is 9.99 Å². The summed E-state index contributed by atoms with van der Waals surface area (Å²) >= 11 is 0. The molecule has 1 aliphatic rings. The first kappa shape index (κ1) is 15.2. The van der Waals surface area contributed by atoms with Gasteiger partial charge in [0.25, 0.3) is 5.72 Å². The van der Waals surface area contributed by atoms with Gasteiger partial charge in [-0.2, -0.15) is 23.3 Å². The number of hydrogen-bond donors (Lipinski definition) is 1. The van der Waals surface area contributed by atoms with Crippen LogP contribution in [-0.4, -0.2) is 45.4 Å². The normalized spacial score (nSPS) is 22.1. The molecule has 1 atom stereocenters. The van der Waals surface area contributed by atoms with Crippen LogP contribution in [0.3, 0.4) is 0 Å². The largest absolute Gasteiger partial charge is 0.448 e. The summed E-state index contributed by atoms with van der Waals surface area (Å²) in [6.07, 6.45) is -4.59. The molecule has 0 spiro atoms. The van der Waals surface area contributed by atoms with Crippen LogP contribution in [0.1, 0.15) is 18.9 Å². The summed E-state index contributed by atoms with van der Waals surface area (Å²) in [5, 5.41) is 13.4. The number of aliphatic hydroxyl groups is 1. The first-order valence-electron chi connectivity index (χ1n) is 6.03. The number of carbonyl (C=O) groups excluding carboxylic acids is 1. The highest BCUT2D eigenvalue weighted by molar-refractivity contribution is 6.03. The second-order valence-electron chi connectivity index (χ2n) is 4.29. The third-order valence-corrected chi connectivity index (χ3v) is 2.87. The number of halogens is 3. The summed E-state index contributed by atoms with van der Waals surface area (Å²) in [6.45, 7) is 1.30. The Bertz CT molecular complexity index is 562. The van der Waals surface area contributed by atoms with Crippen LogP contribution in [0, 0.1) is 0 Å². The molecule has 6 nitrogen and oxygen atoms in total. The molecule has 1 aromatic heterocycles. The van der Waals surface area contributed by atoms with Gasteiger partial charge in [-0.15, -0.1) is 0 Å². The van der Waals surface area contributed by atoms with Gasteiger partial charge >= 0.3 is 12.3 Å². The molecule has 21 heavy (non-hydrogen) atoms. The molecule has 0 radical (unpaired) electrons. The Morgan fingerprint density at radius 1 is 1.57 bits per heavy atom. The van der Waals surface area contributed by atoms with Gasteiger partial charge in [-0.05, 0) is 13.0 Å². The summed E-state index contributed by atoms with van der Waals surface area (Å²) < 4.78 is 43.8. The van der Waals surface area contributed by atoms with E-state index in [1.807, 2.05) is 0 Å². The van der Waals surface area contributed by atoms with Crippen molar-refractivity contribution in [3.8, 4) is 0 Å². The lowest BCUT2D eigenvalue weighted by Gasteiger charge is -2.31. The van der Waals surface area contributed by atoms with Crippen molar-refractivity contribution in [2.75, 3.05) is 6.61 Å². The van der Waals surface area contributed by atoms with E-state index >= 15 is 0 Å². The first-order chi connectivity index (χ1) is 9.79. The number of nitrogens with zero attached hydrogens (tertiary/aromatic N) is 3. The Morgan fingerprint density at radius 3 is 2.81 bits per heavy atom. The first-order valence-corrected chi connectivity index (χ1v) is 6.03. The maximum Gasteiger partial charge on any atom is 0.439 e. The van der Waals surface area contributed by atoms with Crippen molar-refractivity contribution >= 4 is 11.8 Å². The van der Waals surface area contributed by atoms with E-state index in [-0.39, 0.29) is 22.9 Å². The van der Waals surface area contributed by atoms with Gasteiger partial charge < -0.3 is 9.84 Å². The number of pyridine rings is 1. The number of amides is 1. The van der Waals surface area contributed by atoms with Gasteiger partial charge in [-0.1, -0.05) is 6.07 Å². The lowest BCUT2D eigenvalue weighted by molar-refractivity contribution is -0.299. The molecule has 2 heterocycles. The lowest BCUT2D eigenvalue weighted by atomic mass is 10.0.